The Kier molecular flexibility index (Phi) is 4.18. The molecule has 0 spiro atoms. The molecule has 0 aromatic rings. The van der Waals surface area contributed by atoms with Crippen LogP contribution in [0.15, 0.2) is 0 Å². The SMILES string of the molecule is CCNCC(=O)N1CCOCC1C. The summed E-state index contributed by atoms with van der Waals surface area (Å²) in [6, 6.07) is 0.222. The zero-order valence-electron chi connectivity index (χ0n) is 8.38. The van der Waals surface area contributed by atoms with E-state index in [-0.39, 0.29) is 11.9 Å². The van der Waals surface area contributed by atoms with Gasteiger partial charge in [-0.15, -0.1) is 0 Å². The van der Waals surface area contributed by atoms with Crippen molar-refractivity contribution in [1.29, 1.82) is 0 Å². The van der Waals surface area contributed by atoms with Crippen LogP contribution in [0, 0.1) is 0 Å². The van der Waals surface area contributed by atoms with Gasteiger partial charge in [-0.3, -0.25) is 4.79 Å². The molecule has 1 amide bonds. The molecule has 4 nitrogen and oxygen atoms in total. The van der Waals surface area contributed by atoms with Crippen LogP contribution in [0.25, 0.3) is 0 Å². The highest BCUT2D eigenvalue weighted by Gasteiger charge is 2.22. The molecule has 0 aromatic carbocycles. The normalized spacial score (nSPS) is 23.2. The molecule has 1 aliphatic rings. The Balaban J connectivity index is 2.35. The molecule has 0 aliphatic carbocycles. The zero-order chi connectivity index (χ0) is 9.68. The third-order valence-corrected chi connectivity index (χ3v) is 2.21. The zero-order valence-corrected chi connectivity index (χ0v) is 8.38. The Morgan fingerprint density at radius 3 is 3.08 bits per heavy atom. The van der Waals surface area contributed by atoms with Gasteiger partial charge >= 0.3 is 0 Å². The van der Waals surface area contributed by atoms with Crippen LogP contribution >= 0.6 is 0 Å². The fourth-order valence-electron chi connectivity index (χ4n) is 1.43. The molecular formula is C9H18N2O2. The van der Waals surface area contributed by atoms with Crippen molar-refractivity contribution in [2.24, 2.45) is 0 Å². The maximum Gasteiger partial charge on any atom is 0.236 e. The largest absolute Gasteiger partial charge is 0.377 e. The number of morpholine rings is 1. The van der Waals surface area contributed by atoms with Gasteiger partial charge in [-0.2, -0.15) is 0 Å². The number of likely N-dealkylation sites (N-methyl/N-ethyl adjacent to an activating group) is 1. The molecule has 0 aromatic heterocycles. The topological polar surface area (TPSA) is 41.6 Å². The summed E-state index contributed by atoms with van der Waals surface area (Å²) < 4.78 is 5.25. The first-order chi connectivity index (χ1) is 6.25. The first kappa shape index (κ1) is 10.5. The highest BCUT2D eigenvalue weighted by Crippen LogP contribution is 2.05. The van der Waals surface area contributed by atoms with Gasteiger partial charge in [-0.05, 0) is 13.5 Å². The minimum atomic E-state index is 0.178. The van der Waals surface area contributed by atoms with E-state index in [1.165, 1.54) is 0 Å². The Morgan fingerprint density at radius 1 is 1.69 bits per heavy atom. The molecule has 1 N–H and O–H groups in total. The van der Waals surface area contributed by atoms with Gasteiger partial charge in [-0.1, -0.05) is 6.92 Å². The Labute approximate surface area is 79.2 Å². The molecule has 1 rings (SSSR count). The molecule has 1 heterocycles. The average molecular weight is 186 g/mol. The van der Waals surface area contributed by atoms with E-state index in [1.54, 1.807) is 0 Å². The molecule has 4 heteroatoms. The molecular weight excluding hydrogens is 168 g/mol. The number of nitrogens with zero attached hydrogens (tertiary/aromatic N) is 1. The first-order valence-electron chi connectivity index (χ1n) is 4.83. The molecule has 0 bridgehead atoms. The van der Waals surface area contributed by atoms with E-state index in [4.69, 9.17) is 4.74 Å². The molecule has 1 unspecified atom stereocenters. The van der Waals surface area contributed by atoms with Crippen molar-refractivity contribution < 1.29 is 9.53 Å². The van der Waals surface area contributed by atoms with Gasteiger partial charge in [0.05, 0.1) is 25.8 Å². The van der Waals surface area contributed by atoms with Gasteiger partial charge in [0.25, 0.3) is 0 Å². The van der Waals surface area contributed by atoms with Crippen molar-refractivity contribution in [2.75, 3.05) is 32.8 Å². The number of rotatable bonds is 3. The van der Waals surface area contributed by atoms with E-state index in [9.17, 15) is 4.79 Å². The first-order valence-corrected chi connectivity index (χ1v) is 4.83. The standard InChI is InChI=1S/C9H18N2O2/c1-3-10-6-9(12)11-4-5-13-7-8(11)2/h8,10H,3-7H2,1-2H3. The molecule has 1 atom stereocenters. The molecule has 13 heavy (non-hydrogen) atoms. The lowest BCUT2D eigenvalue weighted by Crippen LogP contribution is -2.49. The summed E-state index contributed by atoms with van der Waals surface area (Å²) in [6.07, 6.45) is 0. The van der Waals surface area contributed by atoms with Crippen molar-refractivity contribution in [3.8, 4) is 0 Å². The predicted molar refractivity (Wildman–Crippen MR) is 50.5 cm³/mol. The van der Waals surface area contributed by atoms with Crippen LogP contribution in [0.3, 0.4) is 0 Å². The van der Waals surface area contributed by atoms with Gasteiger partial charge in [0.2, 0.25) is 5.91 Å². The lowest BCUT2D eigenvalue weighted by Gasteiger charge is -2.33. The summed E-state index contributed by atoms with van der Waals surface area (Å²) in [5, 5.41) is 3.03. The summed E-state index contributed by atoms with van der Waals surface area (Å²) >= 11 is 0. The average Bonchev–Trinajstić information content (AvgIpc) is 2.15. The van der Waals surface area contributed by atoms with Gasteiger partial charge in [0.1, 0.15) is 0 Å². The summed E-state index contributed by atoms with van der Waals surface area (Å²) in [5.41, 5.74) is 0. The van der Waals surface area contributed by atoms with Crippen LogP contribution in [0.2, 0.25) is 0 Å². The number of hydrogen-bond acceptors (Lipinski definition) is 3. The number of amides is 1. The Bertz CT molecular complexity index is 173. The van der Waals surface area contributed by atoms with E-state index in [2.05, 4.69) is 5.32 Å². The molecule has 0 radical (unpaired) electrons. The maximum absolute atomic E-state index is 11.6. The lowest BCUT2D eigenvalue weighted by molar-refractivity contribution is -0.138. The molecule has 76 valence electrons. The molecule has 1 saturated heterocycles. The van der Waals surface area contributed by atoms with Crippen molar-refractivity contribution in [1.82, 2.24) is 10.2 Å². The fourth-order valence-corrected chi connectivity index (χ4v) is 1.43. The van der Waals surface area contributed by atoms with Gasteiger partial charge in [0, 0.05) is 6.54 Å². The van der Waals surface area contributed by atoms with E-state index in [1.807, 2.05) is 18.7 Å². The summed E-state index contributed by atoms with van der Waals surface area (Å²) in [5.74, 6) is 0.178. The Morgan fingerprint density at radius 2 is 2.46 bits per heavy atom. The van der Waals surface area contributed by atoms with Crippen molar-refractivity contribution in [3.63, 3.8) is 0 Å². The van der Waals surface area contributed by atoms with E-state index in [0.29, 0.717) is 19.8 Å². The minimum absolute atomic E-state index is 0.178. The maximum atomic E-state index is 11.6. The smallest absolute Gasteiger partial charge is 0.236 e. The van der Waals surface area contributed by atoms with Gasteiger partial charge in [0.15, 0.2) is 0 Å². The summed E-state index contributed by atoms with van der Waals surface area (Å²) in [4.78, 5) is 13.5. The Hall–Kier alpha value is -0.610. The minimum Gasteiger partial charge on any atom is -0.377 e. The highest BCUT2D eigenvalue weighted by molar-refractivity contribution is 5.78. The summed E-state index contributed by atoms with van der Waals surface area (Å²) in [6.45, 7) is 7.36. The van der Waals surface area contributed by atoms with Crippen LogP contribution in [0.1, 0.15) is 13.8 Å². The molecule has 1 aliphatic heterocycles. The predicted octanol–water partition coefficient (Wildman–Crippen LogP) is -0.157. The monoisotopic (exact) mass is 186 g/mol. The second-order valence-electron chi connectivity index (χ2n) is 3.29. The van der Waals surface area contributed by atoms with E-state index < -0.39 is 0 Å². The number of ether oxygens (including phenoxy) is 1. The van der Waals surface area contributed by atoms with Crippen LogP contribution in [-0.4, -0.2) is 49.7 Å². The van der Waals surface area contributed by atoms with Crippen molar-refractivity contribution in [2.45, 2.75) is 19.9 Å². The van der Waals surface area contributed by atoms with Crippen molar-refractivity contribution >= 4 is 5.91 Å². The lowest BCUT2D eigenvalue weighted by atomic mass is 10.2. The van der Waals surface area contributed by atoms with E-state index in [0.717, 1.165) is 13.1 Å². The van der Waals surface area contributed by atoms with Gasteiger partial charge < -0.3 is 15.0 Å². The van der Waals surface area contributed by atoms with Crippen LogP contribution in [-0.2, 0) is 9.53 Å². The number of nitrogens with one attached hydrogen (secondary N) is 1. The number of carbonyl (C=O) groups excluding carboxylic acids is 1. The van der Waals surface area contributed by atoms with Crippen LogP contribution < -0.4 is 5.32 Å². The quantitative estimate of drug-likeness (QED) is 0.666. The molecule has 1 fully saturated rings. The van der Waals surface area contributed by atoms with E-state index >= 15 is 0 Å². The van der Waals surface area contributed by atoms with Crippen LogP contribution in [0.5, 0.6) is 0 Å². The van der Waals surface area contributed by atoms with Gasteiger partial charge in [-0.25, -0.2) is 0 Å². The fraction of sp³-hybridized carbons (Fsp3) is 0.889. The second-order valence-corrected chi connectivity index (χ2v) is 3.29. The summed E-state index contributed by atoms with van der Waals surface area (Å²) in [7, 11) is 0. The second kappa shape index (κ2) is 5.19. The number of hydrogen-bond donors (Lipinski definition) is 1. The third kappa shape index (κ3) is 2.97. The number of carbonyl (C=O) groups is 1. The third-order valence-electron chi connectivity index (χ3n) is 2.21. The van der Waals surface area contributed by atoms with Crippen LogP contribution in [0.4, 0.5) is 0 Å². The van der Waals surface area contributed by atoms with Crippen molar-refractivity contribution in [3.05, 3.63) is 0 Å². The highest BCUT2D eigenvalue weighted by atomic mass is 16.5. The molecule has 0 saturated carbocycles.